The molecule has 0 amide bonds. The summed E-state index contributed by atoms with van der Waals surface area (Å²) in [5.41, 5.74) is 0.771. The third-order valence-electron chi connectivity index (χ3n) is 4.26. The standard InChI is InChI=1S/C18H27NO2.CH4O/c1-3-18(20)16-5-7-17(8-6-16)21-14-4-11-19-12-9-15(2)10-13-19;1-2/h5-8,15H,3-4,9-14H2,1-2H3;2H,1H3. The van der Waals surface area contributed by atoms with Crippen LogP contribution in [0.25, 0.3) is 0 Å². The van der Waals surface area contributed by atoms with Gasteiger partial charge in [-0.3, -0.25) is 4.79 Å². The third kappa shape index (κ3) is 7.14. The van der Waals surface area contributed by atoms with Crippen molar-refractivity contribution >= 4 is 5.78 Å². The summed E-state index contributed by atoms with van der Waals surface area (Å²) < 4.78 is 5.75. The fourth-order valence-electron chi connectivity index (χ4n) is 2.71. The van der Waals surface area contributed by atoms with Gasteiger partial charge in [-0.1, -0.05) is 13.8 Å². The Morgan fingerprint density at radius 2 is 1.83 bits per heavy atom. The smallest absolute Gasteiger partial charge is 0.162 e. The zero-order chi connectivity index (χ0) is 17.1. The lowest BCUT2D eigenvalue weighted by Crippen LogP contribution is -2.34. The number of piperidine rings is 1. The van der Waals surface area contributed by atoms with E-state index in [1.165, 1.54) is 25.9 Å². The highest BCUT2D eigenvalue weighted by Crippen LogP contribution is 2.16. The van der Waals surface area contributed by atoms with E-state index in [1.807, 2.05) is 31.2 Å². The van der Waals surface area contributed by atoms with Crippen molar-refractivity contribution in [2.45, 2.75) is 39.5 Å². The maximum Gasteiger partial charge on any atom is 0.162 e. The molecule has 1 heterocycles. The fourth-order valence-corrected chi connectivity index (χ4v) is 2.71. The van der Waals surface area contributed by atoms with E-state index in [-0.39, 0.29) is 5.78 Å². The van der Waals surface area contributed by atoms with Crippen molar-refractivity contribution in [3.63, 3.8) is 0 Å². The van der Waals surface area contributed by atoms with E-state index in [4.69, 9.17) is 9.84 Å². The van der Waals surface area contributed by atoms with Gasteiger partial charge in [0.25, 0.3) is 0 Å². The third-order valence-corrected chi connectivity index (χ3v) is 4.26. The van der Waals surface area contributed by atoms with Gasteiger partial charge < -0.3 is 14.7 Å². The quantitative estimate of drug-likeness (QED) is 0.618. The monoisotopic (exact) mass is 321 g/mol. The number of carbonyl (C=O) groups excluding carboxylic acids is 1. The van der Waals surface area contributed by atoms with Crippen LogP contribution in [0.2, 0.25) is 0 Å². The molecule has 0 bridgehead atoms. The molecule has 2 rings (SSSR count). The molecule has 4 heteroatoms. The maximum absolute atomic E-state index is 11.5. The minimum absolute atomic E-state index is 0.181. The van der Waals surface area contributed by atoms with Crippen molar-refractivity contribution in [2.75, 3.05) is 33.4 Å². The lowest BCUT2D eigenvalue weighted by Gasteiger charge is -2.30. The summed E-state index contributed by atoms with van der Waals surface area (Å²) in [6.07, 6.45) is 4.26. The fraction of sp³-hybridized carbons (Fsp3) is 0.632. The highest BCUT2D eigenvalue weighted by atomic mass is 16.5. The second kappa shape index (κ2) is 11.2. The number of carbonyl (C=O) groups is 1. The van der Waals surface area contributed by atoms with Crippen LogP contribution in [0.15, 0.2) is 24.3 Å². The van der Waals surface area contributed by atoms with E-state index in [0.717, 1.165) is 43.9 Å². The Labute approximate surface area is 140 Å². The zero-order valence-electron chi connectivity index (χ0n) is 14.8. The highest BCUT2D eigenvalue weighted by molar-refractivity contribution is 5.95. The number of Topliss-reactive ketones (excluding diaryl/α,β-unsaturated/α-hetero) is 1. The molecule has 1 aliphatic heterocycles. The van der Waals surface area contributed by atoms with E-state index in [9.17, 15) is 4.79 Å². The second-order valence-electron chi connectivity index (χ2n) is 6.03. The molecular weight excluding hydrogens is 290 g/mol. The first-order valence-corrected chi connectivity index (χ1v) is 8.62. The molecule has 1 aromatic carbocycles. The molecule has 0 aliphatic carbocycles. The average Bonchev–Trinajstić information content (AvgIpc) is 2.62. The lowest BCUT2D eigenvalue weighted by molar-refractivity contribution is 0.0988. The van der Waals surface area contributed by atoms with E-state index in [1.54, 1.807) is 0 Å². The number of ketones is 1. The van der Waals surface area contributed by atoms with E-state index in [2.05, 4.69) is 11.8 Å². The number of nitrogens with zero attached hydrogens (tertiary/aromatic N) is 1. The zero-order valence-corrected chi connectivity index (χ0v) is 14.8. The van der Waals surface area contributed by atoms with Gasteiger partial charge in [0.1, 0.15) is 5.75 Å². The molecular formula is C19H31NO3. The van der Waals surface area contributed by atoms with E-state index in [0.29, 0.717) is 6.42 Å². The molecule has 4 nitrogen and oxygen atoms in total. The van der Waals surface area contributed by atoms with Crippen LogP contribution in [0, 0.1) is 5.92 Å². The van der Waals surface area contributed by atoms with Crippen molar-refractivity contribution < 1.29 is 14.6 Å². The minimum Gasteiger partial charge on any atom is -0.494 e. The Hall–Kier alpha value is -1.39. The van der Waals surface area contributed by atoms with Crippen molar-refractivity contribution in [2.24, 2.45) is 5.92 Å². The number of rotatable bonds is 7. The van der Waals surface area contributed by atoms with E-state index >= 15 is 0 Å². The van der Waals surface area contributed by atoms with Crippen LogP contribution in [0.1, 0.15) is 49.9 Å². The number of hydrogen-bond acceptors (Lipinski definition) is 4. The summed E-state index contributed by atoms with van der Waals surface area (Å²) in [6, 6.07) is 7.50. The van der Waals surface area contributed by atoms with Gasteiger partial charge in [0.15, 0.2) is 5.78 Å². The van der Waals surface area contributed by atoms with Gasteiger partial charge in [-0.15, -0.1) is 0 Å². The molecule has 0 atom stereocenters. The first-order chi connectivity index (χ1) is 11.2. The van der Waals surface area contributed by atoms with E-state index < -0.39 is 0 Å². The topological polar surface area (TPSA) is 49.8 Å². The van der Waals surface area contributed by atoms with Crippen LogP contribution in [0.4, 0.5) is 0 Å². The normalized spacial score (nSPS) is 15.7. The first kappa shape index (κ1) is 19.7. The summed E-state index contributed by atoms with van der Waals surface area (Å²) in [5, 5.41) is 7.00. The van der Waals surface area contributed by atoms with Gasteiger partial charge in [0.05, 0.1) is 6.61 Å². The molecule has 1 saturated heterocycles. The maximum atomic E-state index is 11.5. The minimum atomic E-state index is 0.181. The van der Waals surface area contributed by atoms with Crippen molar-refractivity contribution in [3.8, 4) is 5.75 Å². The van der Waals surface area contributed by atoms with Crippen LogP contribution in [-0.2, 0) is 0 Å². The number of aliphatic hydroxyl groups is 1. The highest BCUT2D eigenvalue weighted by Gasteiger charge is 2.14. The number of aliphatic hydroxyl groups excluding tert-OH is 1. The molecule has 23 heavy (non-hydrogen) atoms. The molecule has 0 radical (unpaired) electrons. The molecule has 0 spiro atoms. The van der Waals surface area contributed by atoms with Crippen molar-refractivity contribution in [1.29, 1.82) is 0 Å². The van der Waals surface area contributed by atoms with Gasteiger partial charge in [0, 0.05) is 25.6 Å². The van der Waals surface area contributed by atoms with Crippen molar-refractivity contribution in [1.82, 2.24) is 4.90 Å². The molecule has 1 fully saturated rings. The van der Waals surface area contributed by atoms with Crippen molar-refractivity contribution in [3.05, 3.63) is 29.8 Å². The molecule has 130 valence electrons. The number of likely N-dealkylation sites (tertiary alicyclic amines) is 1. The molecule has 1 aliphatic rings. The Balaban J connectivity index is 0.00000127. The number of benzene rings is 1. The Bertz CT molecular complexity index is 436. The summed E-state index contributed by atoms with van der Waals surface area (Å²) in [6.45, 7) is 8.55. The molecule has 1 aromatic rings. The van der Waals surface area contributed by atoms with Gasteiger partial charge in [-0.25, -0.2) is 0 Å². The summed E-state index contributed by atoms with van der Waals surface area (Å²) >= 11 is 0. The predicted molar refractivity (Wildman–Crippen MR) is 94.2 cm³/mol. The van der Waals surface area contributed by atoms with Gasteiger partial charge in [0.2, 0.25) is 0 Å². The molecule has 0 aromatic heterocycles. The predicted octanol–water partition coefficient (Wildman–Crippen LogP) is 3.39. The number of hydrogen-bond donors (Lipinski definition) is 1. The van der Waals surface area contributed by atoms with Crippen LogP contribution in [0.3, 0.4) is 0 Å². The van der Waals surface area contributed by atoms with Gasteiger partial charge in [-0.05, 0) is 62.5 Å². The van der Waals surface area contributed by atoms with Crippen LogP contribution in [-0.4, -0.2) is 49.1 Å². The summed E-state index contributed by atoms with van der Waals surface area (Å²) in [7, 11) is 1.00. The molecule has 0 unspecified atom stereocenters. The SMILES string of the molecule is CCC(=O)c1ccc(OCCCN2CCC(C)CC2)cc1.CO. The average molecular weight is 321 g/mol. The Kier molecular flexibility index (Phi) is 9.57. The Morgan fingerprint density at radius 1 is 1.22 bits per heavy atom. The second-order valence-corrected chi connectivity index (χ2v) is 6.03. The van der Waals surface area contributed by atoms with Crippen LogP contribution >= 0.6 is 0 Å². The van der Waals surface area contributed by atoms with Crippen LogP contribution in [0.5, 0.6) is 5.75 Å². The van der Waals surface area contributed by atoms with Gasteiger partial charge >= 0.3 is 0 Å². The Morgan fingerprint density at radius 3 is 2.39 bits per heavy atom. The summed E-state index contributed by atoms with van der Waals surface area (Å²) in [5.74, 6) is 1.93. The summed E-state index contributed by atoms with van der Waals surface area (Å²) in [4.78, 5) is 14.1. The lowest BCUT2D eigenvalue weighted by atomic mass is 9.99. The largest absolute Gasteiger partial charge is 0.494 e. The van der Waals surface area contributed by atoms with Gasteiger partial charge in [-0.2, -0.15) is 0 Å². The number of ether oxygens (including phenoxy) is 1. The van der Waals surface area contributed by atoms with Crippen LogP contribution < -0.4 is 4.74 Å². The molecule has 0 saturated carbocycles. The molecule has 1 N–H and O–H groups in total. The first-order valence-electron chi connectivity index (χ1n) is 8.62.